The second-order valence-electron chi connectivity index (χ2n) is 7.05. The highest BCUT2D eigenvalue weighted by molar-refractivity contribution is 6.08. The molecule has 2 aromatic rings. The molecule has 0 aromatic heterocycles. The molecule has 0 atom stereocenters. The van der Waals surface area contributed by atoms with Crippen LogP contribution in [0.2, 0.25) is 0 Å². The lowest BCUT2D eigenvalue weighted by Gasteiger charge is -2.38. The van der Waals surface area contributed by atoms with E-state index in [0.717, 1.165) is 12.0 Å². The van der Waals surface area contributed by atoms with E-state index in [2.05, 4.69) is 5.32 Å². The fraction of sp³-hybridized carbons (Fsp3) is 0.286. The molecule has 0 saturated carbocycles. The van der Waals surface area contributed by atoms with Gasteiger partial charge in [0.05, 0.1) is 11.3 Å². The molecule has 1 heterocycles. The summed E-state index contributed by atoms with van der Waals surface area (Å²) in [5, 5.41) is 12.0. The zero-order chi connectivity index (χ0) is 20.5. The topological polar surface area (TPSA) is 95.9 Å². The van der Waals surface area contributed by atoms with Crippen molar-refractivity contribution in [2.75, 3.05) is 16.8 Å². The predicted molar refractivity (Wildman–Crippen MR) is 105 cm³/mol. The third kappa shape index (κ3) is 3.69. The molecule has 1 aliphatic heterocycles. The SMILES string of the molecule is CCc1ccccc1NC(=O)CN1C(=O)C(C)(C)Oc2cc(C(=O)O)ccc21. The molecule has 28 heavy (non-hydrogen) atoms. The number of nitrogens with zero attached hydrogens (tertiary/aromatic N) is 1. The number of anilines is 2. The average Bonchev–Trinajstić information content (AvgIpc) is 2.65. The number of carboxylic acid groups (broad SMARTS) is 1. The first-order valence-electron chi connectivity index (χ1n) is 8.99. The van der Waals surface area contributed by atoms with Crippen LogP contribution in [-0.2, 0) is 16.0 Å². The second kappa shape index (κ2) is 7.34. The number of aromatic carboxylic acids is 1. The van der Waals surface area contributed by atoms with E-state index in [1.165, 1.54) is 23.1 Å². The third-order valence-electron chi connectivity index (χ3n) is 4.60. The number of aryl methyl sites for hydroxylation is 1. The summed E-state index contributed by atoms with van der Waals surface area (Å²) in [6, 6.07) is 11.7. The van der Waals surface area contributed by atoms with Crippen molar-refractivity contribution >= 4 is 29.2 Å². The summed E-state index contributed by atoms with van der Waals surface area (Å²) in [4.78, 5) is 38.1. The third-order valence-corrected chi connectivity index (χ3v) is 4.60. The van der Waals surface area contributed by atoms with Crippen LogP contribution in [-0.4, -0.2) is 35.0 Å². The van der Waals surface area contributed by atoms with E-state index >= 15 is 0 Å². The van der Waals surface area contributed by atoms with Crippen LogP contribution in [0.25, 0.3) is 0 Å². The number of fused-ring (bicyclic) bond motifs is 1. The summed E-state index contributed by atoms with van der Waals surface area (Å²) >= 11 is 0. The van der Waals surface area contributed by atoms with Gasteiger partial charge in [0.1, 0.15) is 12.3 Å². The van der Waals surface area contributed by atoms with Crippen LogP contribution in [0, 0.1) is 0 Å². The maximum atomic E-state index is 12.8. The van der Waals surface area contributed by atoms with Crippen LogP contribution in [0.5, 0.6) is 5.75 Å². The molecule has 1 aliphatic rings. The number of nitrogens with one attached hydrogen (secondary N) is 1. The Labute approximate surface area is 162 Å². The Hall–Kier alpha value is -3.35. The number of benzene rings is 2. The lowest BCUT2D eigenvalue weighted by molar-refractivity contribution is -0.133. The lowest BCUT2D eigenvalue weighted by Crippen LogP contribution is -2.54. The van der Waals surface area contributed by atoms with Crippen molar-refractivity contribution in [3.8, 4) is 5.75 Å². The van der Waals surface area contributed by atoms with Gasteiger partial charge in [0.2, 0.25) is 5.91 Å². The van der Waals surface area contributed by atoms with Gasteiger partial charge in [-0.05, 0) is 50.1 Å². The molecule has 2 aromatic carbocycles. The Morgan fingerprint density at radius 1 is 1.18 bits per heavy atom. The minimum atomic E-state index is -1.22. The normalized spacial score (nSPS) is 14.8. The summed E-state index contributed by atoms with van der Waals surface area (Å²) in [6.45, 7) is 4.96. The summed E-state index contributed by atoms with van der Waals surface area (Å²) in [7, 11) is 0. The van der Waals surface area contributed by atoms with E-state index in [-0.39, 0.29) is 29.7 Å². The monoisotopic (exact) mass is 382 g/mol. The van der Waals surface area contributed by atoms with Crippen LogP contribution in [0.1, 0.15) is 36.7 Å². The van der Waals surface area contributed by atoms with Crippen LogP contribution < -0.4 is 15.0 Å². The van der Waals surface area contributed by atoms with E-state index in [1.807, 2.05) is 31.2 Å². The Morgan fingerprint density at radius 2 is 1.89 bits per heavy atom. The van der Waals surface area contributed by atoms with Gasteiger partial charge in [0, 0.05) is 5.69 Å². The first-order valence-corrected chi connectivity index (χ1v) is 8.99. The summed E-state index contributed by atoms with van der Waals surface area (Å²) in [6.07, 6.45) is 0.765. The molecule has 0 saturated heterocycles. The molecular formula is C21H22N2O5. The van der Waals surface area contributed by atoms with Crippen LogP contribution in [0.3, 0.4) is 0 Å². The summed E-state index contributed by atoms with van der Waals surface area (Å²) < 4.78 is 5.70. The standard InChI is InChI=1S/C21H22N2O5/c1-4-13-7-5-6-8-15(13)22-18(24)12-23-16-10-9-14(19(25)26)11-17(16)28-21(2,3)20(23)27/h5-11H,4,12H2,1-3H3,(H,22,24)(H,25,26). The van der Waals surface area contributed by atoms with E-state index in [9.17, 15) is 19.5 Å². The molecular weight excluding hydrogens is 360 g/mol. The van der Waals surface area contributed by atoms with E-state index in [1.54, 1.807) is 13.8 Å². The van der Waals surface area contributed by atoms with Crippen LogP contribution >= 0.6 is 0 Å². The molecule has 0 spiro atoms. The first-order chi connectivity index (χ1) is 13.2. The Morgan fingerprint density at radius 3 is 2.57 bits per heavy atom. The number of carbonyl (C=O) groups excluding carboxylic acids is 2. The van der Waals surface area contributed by atoms with Gasteiger partial charge in [-0.25, -0.2) is 4.79 Å². The Bertz CT molecular complexity index is 952. The zero-order valence-electron chi connectivity index (χ0n) is 16.0. The zero-order valence-corrected chi connectivity index (χ0v) is 16.0. The molecule has 2 N–H and O–H groups in total. The fourth-order valence-electron chi connectivity index (χ4n) is 3.15. The number of carbonyl (C=O) groups is 3. The van der Waals surface area contributed by atoms with Crippen LogP contribution in [0.4, 0.5) is 11.4 Å². The van der Waals surface area contributed by atoms with E-state index in [4.69, 9.17) is 4.74 Å². The van der Waals surface area contributed by atoms with Crippen molar-refractivity contribution in [1.29, 1.82) is 0 Å². The molecule has 146 valence electrons. The van der Waals surface area contributed by atoms with Gasteiger partial charge in [0.15, 0.2) is 5.60 Å². The maximum absolute atomic E-state index is 12.8. The smallest absolute Gasteiger partial charge is 0.335 e. The quantitative estimate of drug-likeness (QED) is 0.828. The fourth-order valence-corrected chi connectivity index (χ4v) is 3.15. The van der Waals surface area contributed by atoms with Crippen molar-refractivity contribution in [2.45, 2.75) is 32.8 Å². The van der Waals surface area contributed by atoms with Gasteiger partial charge < -0.3 is 15.2 Å². The average molecular weight is 382 g/mol. The molecule has 7 nitrogen and oxygen atoms in total. The summed E-state index contributed by atoms with van der Waals surface area (Å²) in [5.74, 6) is -1.56. The van der Waals surface area contributed by atoms with Gasteiger partial charge in [-0.15, -0.1) is 0 Å². The minimum absolute atomic E-state index is 0.0465. The van der Waals surface area contributed by atoms with E-state index < -0.39 is 11.6 Å². The second-order valence-corrected chi connectivity index (χ2v) is 7.05. The number of para-hydroxylation sites is 1. The summed E-state index contributed by atoms with van der Waals surface area (Å²) in [5.41, 5.74) is 0.900. The van der Waals surface area contributed by atoms with Crippen molar-refractivity contribution in [2.24, 2.45) is 0 Å². The first kappa shape index (κ1) is 19.4. The molecule has 7 heteroatoms. The molecule has 0 radical (unpaired) electrons. The van der Waals surface area contributed by atoms with Crippen molar-refractivity contribution in [1.82, 2.24) is 0 Å². The molecule has 0 bridgehead atoms. The predicted octanol–water partition coefficient (Wildman–Crippen LogP) is 3.09. The highest BCUT2D eigenvalue weighted by Gasteiger charge is 2.41. The molecule has 2 amide bonds. The van der Waals surface area contributed by atoms with Gasteiger partial charge in [-0.1, -0.05) is 25.1 Å². The van der Waals surface area contributed by atoms with Gasteiger partial charge >= 0.3 is 5.97 Å². The Kier molecular flexibility index (Phi) is 5.09. The molecule has 0 fully saturated rings. The maximum Gasteiger partial charge on any atom is 0.335 e. The van der Waals surface area contributed by atoms with Crippen molar-refractivity contribution in [3.05, 3.63) is 53.6 Å². The van der Waals surface area contributed by atoms with E-state index in [0.29, 0.717) is 11.4 Å². The number of hydrogen-bond donors (Lipinski definition) is 2. The highest BCUT2D eigenvalue weighted by atomic mass is 16.5. The van der Waals surface area contributed by atoms with Gasteiger partial charge in [0.25, 0.3) is 5.91 Å². The molecule has 0 aliphatic carbocycles. The van der Waals surface area contributed by atoms with Crippen LogP contribution in [0.15, 0.2) is 42.5 Å². The van der Waals surface area contributed by atoms with Gasteiger partial charge in [-0.3, -0.25) is 14.5 Å². The number of amides is 2. The van der Waals surface area contributed by atoms with Crippen molar-refractivity contribution < 1.29 is 24.2 Å². The highest BCUT2D eigenvalue weighted by Crippen LogP contribution is 2.38. The Balaban J connectivity index is 1.89. The lowest BCUT2D eigenvalue weighted by atomic mass is 10.0. The number of ether oxygens (including phenoxy) is 1. The molecule has 0 unspecified atom stereocenters. The minimum Gasteiger partial charge on any atom is -0.478 e. The van der Waals surface area contributed by atoms with Crippen molar-refractivity contribution in [3.63, 3.8) is 0 Å². The molecule has 3 rings (SSSR count). The van der Waals surface area contributed by atoms with Gasteiger partial charge in [-0.2, -0.15) is 0 Å². The largest absolute Gasteiger partial charge is 0.478 e. The number of carboxylic acids is 1. The number of rotatable bonds is 5. The number of hydrogen-bond acceptors (Lipinski definition) is 4.